The molecule has 0 aromatic heterocycles. The number of aryl methyl sites for hydroxylation is 1. The minimum absolute atomic E-state index is 0.0833. The highest BCUT2D eigenvalue weighted by molar-refractivity contribution is 5.72. The minimum Gasteiger partial charge on any atom is -0.492 e. The Kier molecular flexibility index (Phi) is 11.8. The molecule has 0 saturated carbocycles. The molecule has 0 aliphatic carbocycles. The predicted octanol–water partition coefficient (Wildman–Crippen LogP) is 5.71. The quantitative estimate of drug-likeness (QED) is 0.262. The number of carbonyl (C=O) groups is 2. The highest BCUT2D eigenvalue weighted by Gasteiger charge is 2.74. The number of benzene rings is 2. The van der Waals surface area contributed by atoms with Gasteiger partial charge in [-0.05, 0) is 43.2 Å². The normalized spacial score (nSPS) is 13.0. The Hall–Kier alpha value is -3.59. The maximum absolute atomic E-state index is 13.5. The Bertz CT molecular complexity index is 1140. The lowest BCUT2D eigenvalue weighted by molar-refractivity contribution is -0.423. The Labute approximate surface area is 230 Å². The fourth-order valence-corrected chi connectivity index (χ4v) is 3.29. The van der Waals surface area contributed by atoms with Crippen molar-refractivity contribution in [3.8, 4) is 11.5 Å². The van der Waals surface area contributed by atoms with Crippen LogP contribution in [0.25, 0.3) is 0 Å². The molecule has 0 radical (unpaired) electrons. The number of carboxylic acids is 1. The Morgan fingerprint density at radius 1 is 0.927 bits per heavy atom. The average Bonchev–Trinajstić information content (AvgIpc) is 2.88. The predicted molar refractivity (Wildman–Crippen MR) is 129 cm³/mol. The van der Waals surface area contributed by atoms with E-state index in [4.69, 9.17) is 14.2 Å². The van der Waals surface area contributed by atoms with Gasteiger partial charge in [-0.1, -0.05) is 30.3 Å². The molecule has 1 N–H and O–H groups in total. The first kappa shape index (κ1) is 33.6. The van der Waals surface area contributed by atoms with Gasteiger partial charge in [0.15, 0.2) is 6.10 Å². The van der Waals surface area contributed by atoms with Crippen LogP contribution in [-0.4, -0.2) is 79.3 Å². The van der Waals surface area contributed by atoms with Crippen LogP contribution < -0.4 is 9.47 Å². The number of hydrogen-bond donors (Lipinski definition) is 1. The first-order valence-electron chi connectivity index (χ1n) is 12.1. The fraction of sp³-hybridized carbons (Fsp3) is 0.462. The van der Waals surface area contributed by atoms with Gasteiger partial charge in [0, 0.05) is 19.6 Å². The molecule has 2 aromatic carbocycles. The second-order valence-corrected chi connectivity index (χ2v) is 8.54. The Morgan fingerprint density at radius 2 is 1.54 bits per heavy atom. The molecule has 0 heterocycles. The Balaban J connectivity index is 2.05. The highest BCUT2D eigenvalue weighted by Crippen LogP contribution is 2.46. The van der Waals surface area contributed by atoms with Crippen molar-refractivity contribution in [3.05, 3.63) is 59.7 Å². The summed E-state index contributed by atoms with van der Waals surface area (Å²) in [6.45, 7) is 0.605. The van der Waals surface area contributed by atoms with Gasteiger partial charge in [0.1, 0.15) is 18.1 Å². The molecule has 1 unspecified atom stereocenters. The topological polar surface area (TPSA) is 94.5 Å². The van der Waals surface area contributed by atoms with E-state index >= 15 is 0 Å². The summed E-state index contributed by atoms with van der Waals surface area (Å²) in [5, 5.41) is 9.19. The van der Waals surface area contributed by atoms with Crippen LogP contribution in [0.3, 0.4) is 0 Å². The lowest BCUT2D eigenvalue weighted by Gasteiger charge is -2.29. The number of aliphatic carboxylic acids is 1. The van der Waals surface area contributed by atoms with Gasteiger partial charge in [0.25, 0.3) is 0 Å². The van der Waals surface area contributed by atoms with E-state index in [0.717, 1.165) is 4.90 Å². The molecule has 15 heteroatoms. The molecule has 41 heavy (non-hydrogen) atoms. The van der Waals surface area contributed by atoms with Crippen LogP contribution >= 0.6 is 0 Å². The van der Waals surface area contributed by atoms with E-state index < -0.39 is 49.5 Å². The summed E-state index contributed by atoms with van der Waals surface area (Å²) < 4.78 is 110. The van der Waals surface area contributed by atoms with Crippen molar-refractivity contribution >= 4 is 12.1 Å². The average molecular weight is 599 g/mol. The van der Waals surface area contributed by atoms with Crippen molar-refractivity contribution in [2.45, 2.75) is 44.6 Å². The summed E-state index contributed by atoms with van der Waals surface area (Å²) in [4.78, 5) is 24.7. The van der Waals surface area contributed by atoms with Crippen LogP contribution in [0.2, 0.25) is 0 Å². The molecule has 2 rings (SSSR count). The van der Waals surface area contributed by atoms with Crippen molar-refractivity contribution in [3.63, 3.8) is 0 Å². The second kappa shape index (κ2) is 14.3. The molecular weight excluding hydrogens is 571 g/mol. The molecule has 0 spiro atoms. The molecule has 0 aliphatic heterocycles. The molecule has 1 atom stereocenters. The molecule has 0 fully saturated rings. The summed E-state index contributed by atoms with van der Waals surface area (Å²) >= 11 is 0. The zero-order chi connectivity index (χ0) is 30.8. The maximum Gasteiger partial charge on any atom is 0.462 e. The van der Waals surface area contributed by atoms with Crippen molar-refractivity contribution in [1.82, 2.24) is 4.90 Å². The third-order valence-corrected chi connectivity index (χ3v) is 5.53. The van der Waals surface area contributed by atoms with E-state index in [1.165, 1.54) is 18.2 Å². The molecule has 0 bridgehead atoms. The van der Waals surface area contributed by atoms with E-state index in [1.807, 2.05) is 0 Å². The number of rotatable bonds is 15. The fourth-order valence-electron chi connectivity index (χ4n) is 3.29. The van der Waals surface area contributed by atoms with E-state index in [9.17, 15) is 45.4 Å². The molecule has 0 saturated heterocycles. The van der Waals surface area contributed by atoms with Gasteiger partial charge in [-0.15, -0.1) is 0 Å². The molecule has 8 nitrogen and oxygen atoms in total. The van der Waals surface area contributed by atoms with Crippen LogP contribution in [0.5, 0.6) is 11.5 Å². The zero-order valence-electron chi connectivity index (χ0n) is 21.9. The van der Waals surface area contributed by atoms with Crippen molar-refractivity contribution < 1.29 is 64.4 Å². The smallest absolute Gasteiger partial charge is 0.462 e. The first-order valence-corrected chi connectivity index (χ1v) is 12.1. The monoisotopic (exact) mass is 599 g/mol. The number of carboxylic acid groups (broad SMARTS) is 1. The molecule has 228 valence electrons. The van der Waals surface area contributed by atoms with Crippen LogP contribution in [0.1, 0.15) is 18.1 Å². The number of nitrogens with zero attached hydrogens (tertiary/aromatic N) is 1. The molecular formula is C26H28F7NO7. The largest absolute Gasteiger partial charge is 0.492 e. The van der Waals surface area contributed by atoms with E-state index in [1.54, 1.807) is 44.2 Å². The summed E-state index contributed by atoms with van der Waals surface area (Å²) in [5.41, 5.74) is 1.15. The van der Waals surface area contributed by atoms with Crippen molar-refractivity contribution in [1.29, 1.82) is 0 Å². The minimum atomic E-state index is -6.57. The van der Waals surface area contributed by atoms with Gasteiger partial charge in [0.05, 0.1) is 13.2 Å². The lowest BCUT2D eigenvalue weighted by atomic mass is 10.1. The van der Waals surface area contributed by atoms with Gasteiger partial charge in [-0.2, -0.15) is 30.7 Å². The van der Waals surface area contributed by atoms with Crippen LogP contribution in [0.4, 0.5) is 35.5 Å². The van der Waals surface area contributed by atoms with Gasteiger partial charge in [0.2, 0.25) is 0 Å². The molecule has 0 aliphatic rings. The number of ether oxygens (including phenoxy) is 4. The summed E-state index contributed by atoms with van der Waals surface area (Å²) in [5.74, 6) is -7.22. The SMILES string of the molecule is CCOC(Cc1ccc(OCCN(CCOC(F)(F)C(F)(F)C(F)(F)F)C(=O)Oc2ccccc2C)cc1)C(=O)O. The number of alkyl halides is 7. The van der Waals surface area contributed by atoms with E-state index in [-0.39, 0.29) is 37.7 Å². The third-order valence-electron chi connectivity index (χ3n) is 5.53. The summed E-state index contributed by atoms with van der Waals surface area (Å²) in [6, 6.07) is 12.4. The summed E-state index contributed by atoms with van der Waals surface area (Å²) in [7, 11) is 0. The molecule has 2 aromatic rings. The van der Waals surface area contributed by atoms with E-state index in [0.29, 0.717) is 11.1 Å². The number of amides is 1. The van der Waals surface area contributed by atoms with Crippen LogP contribution in [0.15, 0.2) is 48.5 Å². The van der Waals surface area contributed by atoms with Crippen molar-refractivity contribution in [2.75, 3.05) is 32.9 Å². The van der Waals surface area contributed by atoms with Gasteiger partial charge in [-0.25, -0.2) is 9.59 Å². The third kappa shape index (κ3) is 9.49. The second-order valence-electron chi connectivity index (χ2n) is 8.54. The van der Waals surface area contributed by atoms with Gasteiger partial charge >= 0.3 is 30.3 Å². The van der Waals surface area contributed by atoms with Gasteiger partial charge < -0.3 is 29.0 Å². The molecule has 1 amide bonds. The van der Waals surface area contributed by atoms with Crippen molar-refractivity contribution in [2.24, 2.45) is 0 Å². The summed E-state index contributed by atoms with van der Waals surface area (Å²) in [6.07, 6.45) is -14.5. The first-order chi connectivity index (χ1) is 19.1. The Morgan fingerprint density at radius 3 is 2.10 bits per heavy atom. The van der Waals surface area contributed by atoms with Gasteiger partial charge in [-0.3, -0.25) is 0 Å². The zero-order valence-corrected chi connectivity index (χ0v) is 21.9. The number of para-hydroxylation sites is 1. The highest BCUT2D eigenvalue weighted by atomic mass is 19.4. The number of carbonyl (C=O) groups excluding carboxylic acids is 1. The van der Waals surface area contributed by atoms with E-state index in [2.05, 4.69) is 4.74 Å². The maximum atomic E-state index is 13.5. The lowest BCUT2D eigenvalue weighted by Crippen LogP contribution is -2.54. The van der Waals surface area contributed by atoms with Crippen LogP contribution in [-0.2, 0) is 20.7 Å². The standard InChI is InChI=1S/C26H28F7NO7/c1-3-38-21(22(35)36)16-18-8-10-19(11-9-18)39-14-12-34(23(37)41-20-7-5-4-6-17(20)2)13-15-40-26(32,33)24(27,28)25(29,30)31/h4-11,21H,3,12-16H2,1-2H3,(H,35,36). The number of hydrogen-bond acceptors (Lipinski definition) is 6. The van der Waals surface area contributed by atoms with Crippen LogP contribution in [0, 0.1) is 6.92 Å². The number of halogens is 7.